The summed E-state index contributed by atoms with van der Waals surface area (Å²) in [6, 6.07) is 95.7. The van der Waals surface area contributed by atoms with Gasteiger partial charge in [0.1, 0.15) is 5.82 Å². The Morgan fingerprint density at radius 2 is 0.583 bits per heavy atom. The Morgan fingerprint density at radius 1 is 0.264 bits per heavy atom. The third kappa shape index (κ3) is 6.83. The lowest BCUT2D eigenvalue weighted by molar-refractivity contribution is 1.00. The van der Waals surface area contributed by atoms with Crippen LogP contribution in [0.25, 0.3) is 137 Å². The minimum Gasteiger partial charge on any atom is -0.297 e. The van der Waals surface area contributed by atoms with Crippen LogP contribution in [0.3, 0.4) is 0 Å². The predicted molar refractivity (Wildman–Crippen MR) is 306 cm³/mol. The Bertz CT molecular complexity index is 4300. The molecular weight excluding hydrogens is 869 g/mol. The van der Waals surface area contributed by atoms with E-state index < -0.39 is 0 Å². The molecule has 0 spiro atoms. The van der Waals surface area contributed by atoms with Gasteiger partial charge in [-0.15, -0.1) is 0 Å². The maximum atomic E-state index is 4.89. The third-order valence-corrected chi connectivity index (χ3v) is 14.9. The molecule has 0 radical (unpaired) electrons. The van der Waals surface area contributed by atoms with Gasteiger partial charge in [-0.2, -0.15) is 0 Å². The second kappa shape index (κ2) is 16.9. The first kappa shape index (κ1) is 41.6. The standard InChI is InChI=1S/C70H46N2/c1-45-71-65-41-40-54(44-66(65)72(45)56-18-6-3-7-19-56)47-30-34-50(35-31-47)69-59-22-10-8-20-57(59)68(58-21-9-11-23-60(58)69)49-32-28-46(29-33-49)51-36-37-53-43-55(39-38-52(53)42-51)70-63-26-14-12-24-61(63)67(48-16-4-2-5-17-48)62-25-13-15-27-64(62)70/h2-44H,1H3. The highest BCUT2D eigenvalue weighted by atomic mass is 15.1. The van der Waals surface area contributed by atoms with Crippen LogP contribution in [0.2, 0.25) is 0 Å². The predicted octanol–water partition coefficient (Wildman–Crippen LogP) is 19.1. The molecule has 0 unspecified atom stereocenters. The van der Waals surface area contributed by atoms with Gasteiger partial charge in [-0.1, -0.05) is 224 Å². The van der Waals surface area contributed by atoms with Gasteiger partial charge in [-0.25, -0.2) is 4.98 Å². The monoisotopic (exact) mass is 914 g/mol. The van der Waals surface area contributed by atoms with Crippen molar-refractivity contribution in [2.75, 3.05) is 0 Å². The normalized spacial score (nSPS) is 11.7. The number of imidazole rings is 1. The van der Waals surface area contributed by atoms with Crippen molar-refractivity contribution < 1.29 is 0 Å². The molecule has 0 saturated heterocycles. The van der Waals surface area contributed by atoms with Crippen LogP contribution in [0.15, 0.2) is 261 Å². The first-order valence-electron chi connectivity index (χ1n) is 24.9. The van der Waals surface area contributed by atoms with Crippen LogP contribution < -0.4 is 0 Å². The molecule has 2 heteroatoms. The number of nitrogens with zero attached hydrogens (tertiary/aromatic N) is 2. The summed E-state index contributed by atoms with van der Waals surface area (Å²) in [5, 5.41) is 12.5. The van der Waals surface area contributed by atoms with E-state index in [9.17, 15) is 0 Å². The van der Waals surface area contributed by atoms with Gasteiger partial charge in [0, 0.05) is 5.69 Å². The van der Waals surface area contributed by atoms with Crippen molar-refractivity contribution in [3.05, 3.63) is 267 Å². The number of para-hydroxylation sites is 1. The van der Waals surface area contributed by atoms with E-state index in [1.165, 1.54) is 121 Å². The Balaban J connectivity index is 0.806. The number of aryl methyl sites for hydroxylation is 1. The van der Waals surface area contributed by atoms with E-state index in [2.05, 4.69) is 272 Å². The molecule has 0 aliphatic carbocycles. The largest absolute Gasteiger partial charge is 0.297 e. The minimum absolute atomic E-state index is 0.978. The third-order valence-electron chi connectivity index (χ3n) is 14.9. The van der Waals surface area contributed by atoms with Crippen LogP contribution in [0, 0.1) is 6.92 Å². The van der Waals surface area contributed by atoms with Crippen molar-refractivity contribution in [1.82, 2.24) is 9.55 Å². The molecule has 336 valence electrons. The maximum absolute atomic E-state index is 4.89. The zero-order valence-electron chi connectivity index (χ0n) is 39.7. The van der Waals surface area contributed by atoms with Crippen molar-refractivity contribution in [2.24, 2.45) is 0 Å². The molecule has 2 nitrogen and oxygen atoms in total. The van der Waals surface area contributed by atoms with E-state index in [4.69, 9.17) is 4.98 Å². The average Bonchev–Trinajstić information content (AvgIpc) is 3.78. The Labute approximate surface area is 418 Å². The number of rotatable bonds is 7. The van der Waals surface area contributed by atoms with Gasteiger partial charge in [0.2, 0.25) is 0 Å². The molecule has 0 saturated carbocycles. The highest BCUT2D eigenvalue weighted by Gasteiger charge is 2.19. The Morgan fingerprint density at radius 3 is 1.04 bits per heavy atom. The molecule has 0 aliphatic heterocycles. The van der Waals surface area contributed by atoms with Crippen molar-refractivity contribution in [2.45, 2.75) is 6.92 Å². The van der Waals surface area contributed by atoms with Gasteiger partial charge in [0.25, 0.3) is 0 Å². The van der Waals surface area contributed by atoms with E-state index in [0.717, 1.165) is 22.5 Å². The second-order valence-corrected chi connectivity index (χ2v) is 19.0. The molecule has 1 aromatic heterocycles. The summed E-state index contributed by atoms with van der Waals surface area (Å²) in [5.41, 5.74) is 17.9. The summed E-state index contributed by atoms with van der Waals surface area (Å²) in [7, 11) is 0. The first-order chi connectivity index (χ1) is 35.6. The van der Waals surface area contributed by atoms with Crippen LogP contribution in [0.1, 0.15) is 5.82 Å². The maximum Gasteiger partial charge on any atom is 0.111 e. The molecule has 13 aromatic carbocycles. The summed E-state index contributed by atoms with van der Waals surface area (Å²) in [6.45, 7) is 2.08. The number of hydrogen-bond acceptors (Lipinski definition) is 1. The SMILES string of the molecule is Cc1nc2ccc(-c3ccc(-c4c5ccccc5c(-c5ccc(-c6ccc7cc(-c8c9ccccc9c(-c9ccccc9)c9ccccc89)ccc7c6)cc5)c5ccccc45)cc3)cc2n1-c1ccccc1. The zero-order chi connectivity index (χ0) is 47.7. The van der Waals surface area contributed by atoms with Gasteiger partial charge >= 0.3 is 0 Å². The molecule has 72 heavy (non-hydrogen) atoms. The summed E-state index contributed by atoms with van der Waals surface area (Å²) in [4.78, 5) is 4.89. The van der Waals surface area contributed by atoms with Crippen molar-refractivity contribution in [1.29, 1.82) is 0 Å². The Hall–Kier alpha value is -9.37. The van der Waals surface area contributed by atoms with Crippen molar-refractivity contribution >= 4 is 64.9 Å². The summed E-state index contributed by atoms with van der Waals surface area (Å²) in [5.74, 6) is 0.978. The van der Waals surface area contributed by atoms with Crippen LogP contribution in [-0.2, 0) is 0 Å². The molecule has 0 atom stereocenters. The van der Waals surface area contributed by atoms with Gasteiger partial charge in [-0.05, 0) is 164 Å². The molecule has 0 fully saturated rings. The van der Waals surface area contributed by atoms with Gasteiger partial charge < -0.3 is 0 Å². The Kier molecular flexibility index (Phi) is 9.79. The zero-order valence-corrected chi connectivity index (χ0v) is 39.7. The second-order valence-electron chi connectivity index (χ2n) is 19.0. The molecule has 14 rings (SSSR count). The fourth-order valence-electron chi connectivity index (χ4n) is 11.6. The van der Waals surface area contributed by atoms with Gasteiger partial charge in [-0.3, -0.25) is 4.57 Å². The van der Waals surface area contributed by atoms with Gasteiger partial charge in [0.05, 0.1) is 11.0 Å². The van der Waals surface area contributed by atoms with E-state index in [-0.39, 0.29) is 0 Å². The molecule has 0 amide bonds. The molecule has 0 aliphatic rings. The average molecular weight is 915 g/mol. The summed E-state index contributed by atoms with van der Waals surface area (Å²) >= 11 is 0. The van der Waals surface area contributed by atoms with Crippen LogP contribution >= 0.6 is 0 Å². The highest BCUT2D eigenvalue weighted by Crippen LogP contribution is 2.46. The highest BCUT2D eigenvalue weighted by molar-refractivity contribution is 6.23. The van der Waals surface area contributed by atoms with Crippen molar-refractivity contribution in [3.63, 3.8) is 0 Å². The lowest BCUT2D eigenvalue weighted by atomic mass is 9.85. The van der Waals surface area contributed by atoms with E-state index in [1.807, 2.05) is 0 Å². The summed E-state index contributed by atoms with van der Waals surface area (Å²) < 4.78 is 2.24. The number of benzene rings is 13. The molecule has 0 bridgehead atoms. The van der Waals surface area contributed by atoms with Crippen LogP contribution in [0.5, 0.6) is 0 Å². The lowest BCUT2D eigenvalue weighted by Gasteiger charge is -2.18. The molecular formula is C70H46N2. The van der Waals surface area contributed by atoms with E-state index >= 15 is 0 Å². The lowest BCUT2D eigenvalue weighted by Crippen LogP contribution is -1.96. The smallest absolute Gasteiger partial charge is 0.111 e. The molecule has 14 aromatic rings. The van der Waals surface area contributed by atoms with Crippen LogP contribution in [-0.4, -0.2) is 9.55 Å². The topological polar surface area (TPSA) is 17.8 Å². The summed E-state index contributed by atoms with van der Waals surface area (Å²) in [6.07, 6.45) is 0. The fraction of sp³-hybridized carbons (Fsp3) is 0.0143. The number of hydrogen-bond donors (Lipinski definition) is 0. The fourth-order valence-corrected chi connectivity index (χ4v) is 11.6. The first-order valence-corrected chi connectivity index (χ1v) is 24.9. The van der Waals surface area contributed by atoms with Crippen molar-refractivity contribution in [3.8, 4) is 72.4 Å². The van der Waals surface area contributed by atoms with Gasteiger partial charge in [0.15, 0.2) is 0 Å². The number of aromatic nitrogens is 2. The van der Waals surface area contributed by atoms with Crippen LogP contribution in [0.4, 0.5) is 0 Å². The molecule has 0 N–H and O–H groups in total. The van der Waals surface area contributed by atoms with E-state index in [0.29, 0.717) is 0 Å². The minimum atomic E-state index is 0.978. The van der Waals surface area contributed by atoms with E-state index in [1.54, 1.807) is 0 Å². The quantitative estimate of drug-likeness (QED) is 0.146. The molecule has 1 heterocycles. The number of fused-ring (bicyclic) bond motifs is 6.